The Morgan fingerprint density at radius 2 is 1.00 bits per heavy atom. The van der Waals surface area contributed by atoms with Gasteiger partial charge in [-0.05, 0) is 41.6 Å². The molecule has 3 aromatic carbocycles. The fraction of sp³-hybridized carbons (Fsp3) is 0. The maximum atomic E-state index is 12.3. The summed E-state index contributed by atoms with van der Waals surface area (Å²) in [6, 6.07) is 25.7. The maximum Gasteiger partial charge on any atom is 0.365 e. The van der Waals surface area contributed by atoms with Crippen molar-refractivity contribution in [1.82, 2.24) is 0 Å². The zero-order chi connectivity index (χ0) is 18.2. The van der Waals surface area contributed by atoms with Crippen LogP contribution in [0.5, 0.6) is 0 Å². The summed E-state index contributed by atoms with van der Waals surface area (Å²) in [5, 5.41) is 3.76. The predicted molar refractivity (Wildman–Crippen MR) is 96.7 cm³/mol. The summed E-state index contributed by atoms with van der Waals surface area (Å²) in [6.07, 6.45) is 0. The molecule has 0 amide bonds. The number of oxime groups is 1. The molecular weight excluding hydrogens is 330 g/mol. The number of nitrogens with zero attached hydrogens (tertiary/aromatic N) is 1. The van der Waals surface area contributed by atoms with E-state index in [-0.39, 0.29) is 5.90 Å². The van der Waals surface area contributed by atoms with Crippen LogP contribution in [0.1, 0.15) is 26.3 Å². The molecule has 0 saturated carbocycles. The van der Waals surface area contributed by atoms with E-state index in [0.717, 1.165) is 0 Å². The number of benzene rings is 3. The first kappa shape index (κ1) is 17.1. The van der Waals surface area contributed by atoms with Crippen molar-refractivity contribution in [3.8, 4) is 0 Å². The summed E-state index contributed by atoms with van der Waals surface area (Å²) in [5.74, 6) is -1.33. The number of rotatable bonds is 4. The molecule has 0 heterocycles. The van der Waals surface area contributed by atoms with Crippen LogP contribution < -0.4 is 0 Å². The molecule has 5 nitrogen and oxygen atoms in total. The fourth-order valence-corrected chi connectivity index (χ4v) is 2.14. The van der Waals surface area contributed by atoms with E-state index < -0.39 is 11.9 Å². The monoisotopic (exact) mass is 345 g/mol. The van der Waals surface area contributed by atoms with E-state index >= 15 is 0 Å². The van der Waals surface area contributed by atoms with Crippen LogP contribution in [0.2, 0.25) is 0 Å². The van der Waals surface area contributed by atoms with E-state index in [9.17, 15) is 9.59 Å². The first-order valence-electron chi connectivity index (χ1n) is 7.91. The number of carbonyl (C=O) groups excluding carboxylic acids is 2. The molecule has 0 N–H and O–H groups in total. The Bertz CT molecular complexity index is 907. The van der Waals surface area contributed by atoms with Gasteiger partial charge in [0.05, 0.1) is 11.1 Å². The van der Waals surface area contributed by atoms with Crippen LogP contribution in [-0.4, -0.2) is 17.8 Å². The first-order chi connectivity index (χ1) is 12.7. The second-order valence-electron chi connectivity index (χ2n) is 5.26. The Morgan fingerprint density at radius 1 is 0.577 bits per heavy atom. The second kappa shape index (κ2) is 8.39. The van der Waals surface area contributed by atoms with E-state index in [4.69, 9.17) is 9.57 Å². The van der Waals surface area contributed by atoms with Crippen LogP contribution in [0, 0.1) is 0 Å². The minimum Gasteiger partial charge on any atom is -0.400 e. The molecule has 0 spiro atoms. The van der Waals surface area contributed by atoms with Gasteiger partial charge in [-0.2, -0.15) is 0 Å². The third-order valence-electron chi connectivity index (χ3n) is 3.44. The smallest absolute Gasteiger partial charge is 0.365 e. The lowest BCUT2D eigenvalue weighted by Gasteiger charge is -2.07. The Labute approximate surface area is 150 Å². The van der Waals surface area contributed by atoms with Gasteiger partial charge in [0.1, 0.15) is 0 Å². The largest absolute Gasteiger partial charge is 0.400 e. The van der Waals surface area contributed by atoms with E-state index in [0.29, 0.717) is 16.7 Å². The molecule has 0 aliphatic rings. The molecule has 0 aromatic heterocycles. The average Bonchev–Trinajstić information content (AvgIpc) is 2.72. The van der Waals surface area contributed by atoms with E-state index in [2.05, 4.69) is 5.16 Å². The predicted octanol–water partition coefficient (Wildman–Crippen LogP) is 4.06. The molecule has 0 fully saturated rings. The molecule has 3 aromatic rings. The second-order valence-corrected chi connectivity index (χ2v) is 5.26. The minimum absolute atomic E-state index is 0.0938. The third-order valence-corrected chi connectivity index (χ3v) is 3.44. The fourth-order valence-electron chi connectivity index (χ4n) is 2.14. The zero-order valence-corrected chi connectivity index (χ0v) is 13.7. The summed E-state index contributed by atoms with van der Waals surface area (Å²) >= 11 is 0. The molecule has 5 heteroatoms. The molecule has 128 valence electrons. The molecule has 3 rings (SSSR count). The SMILES string of the molecule is O=C(ON=C(OC(=O)c1ccccc1)c1ccccc1)c1ccccc1. The van der Waals surface area contributed by atoms with Gasteiger partial charge in [0.2, 0.25) is 0 Å². The van der Waals surface area contributed by atoms with Gasteiger partial charge in [-0.25, -0.2) is 9.59 Å². The maximum absolute atomic E-state index is 12.3. The molecule has 0 saturated heterocycles. The van der Waals surface area contributed by atoms with Gasteiger partial charge < -0.3 is 9.57 Å². The van der Waals surface area contributed by atoms with Crippen LogP contribution in [0.25, 0.3) is 0 Å². The number of ether oxygens (including phenoxy) is 1. The Morgan fingerprint density at radius 3 is 1.50 bits per heavy atom. The number of hydrogen-bond donors (Lipinski definition) is 0. The van der Waals surface area contributed by atoms with Crippen molar-refractivity contribution in [3.63, 3.8) is 0 Å². The molecule has 0 atom stereocenters. The summed E-state index contributed by atoms with van der Waals surface area (Å²) < 4.78 is 5.34. The van der Waals surface area contributed by atoms with E-state index in [1.807, 2.05) is 6.07 Å². The highest BCUT2D eigenvalue weighted by atomic mass is 16.7. The van der Waals surface area contributed by atoms with Crippen LogP contribution in [0.4, 0.5) is 0 Å². The van der Waals surface area contributed by atoms with Crippen molar-refractivity contribution in [2.45, 2.75) is 0 Å². The number of hydrogen-bond acceptors (Lipinski definition) is 5. The topological polar surface area (TPSA) is 65.0 Å². The Kier molecular flexibility index (Phi) is 5.52. The van der Waals surface area contributed by atoms with Crippen molar-refractivity contribution < 1.29 is 19.2 Å². The van der Waals surface area contributed by atoms with E-state index in [1.165, 1.54) is 0 Å². The summed E-state index contributed by atoms with van der Waals surface area (Å²) in [6.45, 7) is 0. The van der Waals surface area contributed by atoms with Crippen molar-refractivity contribution in [3.05, 3.63) is 108 Å². The number of esters is 1. The third kappa shape index (κ3) is 4.42. The standard InChI is InChI=1S/C21H15NO4/c23-20(17-12-6-2-7-13-17)25-19(16-10-4-1-5-11-16)22-26-21(24)18-14-8-3-9-15-18/h1-15H. The van der Waals surface area contributed by atoms with Gasteiger partial charge in [0.25, 0.3) is 5.90 Å². The zero-order valence-electron chi connectivity index (χ0n) is 13.7. The van der Waals surface area contributed by atoms with Gasteiger partial charge in [-0.3, -0.25) is 0 Å². The highest BCUT2D eigenvalue weighted by Crippen LogP contribution is 2.09. The van der Waals surface area contributed by atoms with E-state index in [1.54, 1.807) is 84.9 Å². The van der Waals surface area contributed by atoms with Gasteiger partial charge >= 0.3 is 11.9 Å². The molecule has 0 unspecified atom stereocenters. The molecule has 0 radical (unpaired) electrons. The average molecular weight is 345 g/mol. The lowest BCUT2D eigenvalue weighted by atomic mass is 10.2. The highest BCUT2D eigenvalue weighted by molar-refractivity contribution is 6.05. The number of carbonyl (C=O) groups is 2. The molecule has 0 aliphatic heterocycles. The Balaban J connectivity index is 1.82. The van der Waals surface area contributed by atoms with Crippen molar-refractivity contribution in [2.75, 3.05) is 0 Å². The molecule has 26 heavy (non-hydrogen) atoms. The molecular formula is C21H15NO4. The van der Waals surface area contributed by atoms with Gasteiger partial charge in [0, 0.05) is 5.56 Å². The quantitative estimate of drug-likeness (QED) is 0.235. The van der Waals surface area contributed by atoms with Crippen LogP contribution >= 0.6 is 0 Å². The van der Waals surface area contributed by atoms with Crippen LogP contribution in [-0.2, 0) is 9.57 Å². The minimum atomic E-state index is -0.644. The lowest BCUT2D eigenvalue weighted by Crippen LogP contribution is -2.15. The van der Waals surface area contributed by atoms with Gasteiger partial charge in [0.15, 0.2) is 0 Å². The normalized spacial score (nSPS) is 10.8. The summed E-state index contributed by atoms with van der Waals surface area (Å²) in [5.41, 5.74) is 1.22. The summed E-state index contributed by atoms with van der Waals surface area (Å²) in [7, 11) is 0. The van der Waals surface area contributed by atoms with Crippen molar-refractivity contribution >= 4 is 17.8 Å². The Hall–Kier alpha value is -3.73. The molecule has 0 aliphatic carbocycles. The van der Waals surface area contributed by atoms with Crippen LogP contribution in [0.3, 0.4) is 0 Å². The van der Waals surface area contributed by atoms with Crippen LogP contribution in [0.15, 0.2) is 96.2 Å². The molecule has 0 bridgehead atoms. The van der Waals surface area contributed by atoms with Crippen molar-refractivity contribution in [1.29, 1.82) is 0 Å². The summed E-state index contributed by atoms with van der Waals surface area (Å²) in [4.78, 5) is 29.3. The lowest BCUT2D eigenvalue weighted by molar-refractivity contribution is 0.0488. The van der Waals surface area contributed by atoms with Crippen molar-refractivity contribution in [2.24, 2.45) is 5.16 Å². The highest BCUT2D eigenvalue weighted by Gasteiger charge is 2.15. The van der Waals surface area contributed by atoms with Gasteiger partial charge in [-0.1, -0.05) is 54.6 Å². The first-order valence-corrected chi connectivity index (χ1v) is 7.91. The van der Waals surface area contributed by atoms with Gasteiger partial charge in [-0.15, -0.1) is 0 Å².